The van der Waals surface area contributed by atoms with Crippen molar-refractivity contribution < 1.29 is 0 Å². The Labute approximate surface area is 74.7 Å². The Morgan fingerprint density at radius 2 is 2.18 bits per heavy atom. The molecule has 1 aromatic carbocycles. The van der Waals surface area contributed by atoms with Gasteiger partial charge in [0.25, 0.3) is 0 Å². The molecular formula is C9H10BrN. The minimum atomic E-state index is 0.407. The molecule has 2 heteroatoms. The molecule has 0 aliphatic heterocycles. The maximum atomic E-state index is 5.73. The third-order valence-electron chi connectivity index (χ3n) is 2.12. The van der Waals surface area contributed by atoms with E-state index >= 15 is 0 Å². The smallest absolute Gasteiger partial charge is 0.0178 e. The van der Waals surface area contributed by atoms with Gasteiger partial charge in [0.1, 0.15) is 0 Å². The number of benzene rings is 1. The van der Waals surface area contributed by atoms with Crippen LogP contribution in [0.1, 0.15) is 17.9 Å². The van der Waals surface area contributed by atoms with Crippen LogP contribution in [0.5, 0.6) is 0 Å². The van der Waals surface area contributed by atoms with Gasteiger partial charge in [-0.2, -0.15) is 0 Å². The van der Waals surface area contributed by atoms with Crippen LogP contribution in [0.15, 0.2) is 28.7 Å². The molecule has 0 aromatic heterocycles. The fourth-order valence-corrected chi connectivity index (χ4v) is 1.75. The molecule has 2 rings (SSSR count). The molecule has 0 heterocycles. The first kappa shape index (κ1) is 7.32. The second-order valence-corrected chi connectivity index (χ2v) is 3.98. The SMILES string of the molecule is N[C@@H]1CC1c1cccc(Br)c1. The van der Waals surface area contributed by atoms with Gasteiger partial charge in [0.15, 0.2) is 0 Å². The Balaban J connectivity index is 2.25. The Kier molecular flexibility index (Phi) is 1.74. The molecule has 2 N–H and O–H groups in total. The lowest BCUT2D eigenvalue weighted by Crippen LogP contribution is -2.00. The molecule has 58 valence electrons. The van der Waals surface area contributed by atoms with E-state index in [0.717, 1.165) is 10.9 Å². The average Bonchev–Trinajstić information content (AvgIpc) is 2.67. The van der Waals surface area contributed by atoms with Gasteiger partial charge in [0.05, 0.1) is 0 Å². The van der Waals surface area contributed by atoms with Crippen molar-refractivity contribution in [3.63, 3.8) is 0 Å². The van der Waals surface area contributed by atoms with Crippen LogP contribution in [0.3, 0.4) is 0 Å². The van der Waals surface area contributed by atoms with Crippen molar-refractivity contribution in [3.8, 4) is 0 Å². The van der Waals surface area contributed by atoms with Crippen LogP contribution in [-0.2, 0) is 0 Å². The van der Waals surface area contributed by atoms with E-state index in [0.29, 0.717) is 12.0 Å². The minimum absolute atomic E-state index is 0.407. The first-order valence-electron chi connectivity index (χ1n) is 3.78. The van der Waals surface area contributed by atoms with E-state index in [1.165, 1.54) is 5.56 Å². The lowest BCUT2D eigenvalue weighted by atomic mass is 10.1. The highest BCUT2D eigenvalue weighted by molar-refractivity contribution is 9.10. The van der Waals surface area contributed by atoms with Crippen LogP contribution in [0.4, 0.5) is 0 Å². The quantitative estimate of drug-likeness (QED) is 0.759. The summed E-state index contributed by atoms with van der Waals surface area (Å²) in [6, 6.07) is 8.80. The summed E-state index contributed by atoms with van der Waals surface area (Å²) in [6.07, 6.45) is 1.15. The topological polar surface area (TPSA) is 26.0 Å². The highest BCUT2D eigenvalue weighted by Gasteiger charge is 2.34. The molecule has 1 aliphatic carbocycles. The maximum absolute atomic E-state index is 5.73. The Hall–Kier alpha value is -0.340. The molecule has 0 radical (unpaired) electrons. The highest BCUT2D eigenvalue weighted by atomic mass is 79.9. The van der Waals surface area contributed by atoms with Crippen molar-refractivity contribution in [1.82, 2.24) is 0 Å². The molecule has 0 bridgehead atoms. The van der Waals surface area contributed by atoms with Gasteiger partial charge in [-0.25, -0.2) is 0 Å². The molecule has 1 nitrogen and oxygen atoms in total. The summed E-state index contributed by atoms with van der Waals surface area (Å²) in [4.78, 5) is 0. The van der Waals surface area contributed by atoms with Crippen LogP contribution in [0.2, 0.25) is 0 Å². The Bertz CT molecular complexity index is 272. The van der Waals surface area contributed by atoms with Gasteiger partial charge in [-0.1, -0.05) is 28.1 Å². The molecular weight excluding hydrogens is 202 g/mol. The fraction of sp³-hybridized carbons (Fsp3) is 0.333. The normalized spacial score (nSPS) is 28.5. The zero-order valence-corrected chi connectivity index (χ0v) is 7.71. The summed E-state index contributed by atoms with van der Waals surface area (Å²) in [5.41, 5.74) is 7.10. The van der Waals surface area contributed by atoms with Gasteiger partial charge in [-0.05, 0) is 24.1 Å². The van der Waals surface area contributed by atoms with Crippen LogP contribution in [0.25, 0.3) is 0 Å². The molecule has 2 atom stereocenters. The van der Waals surface area contributed by atoms with Crippen molar-refractivity contribution >= 4 is 15.9 Å². The van der Waals surface area contributed by atoms with E-state index < -0.39 is 0 Å². The maximum Gasteiger partial charge on any atom is 0.0178 e. The molecule has 1 saturated carbocycles. The molecule has 1 unspecified atom stereocenters. The summed E-state index contributed by atoms with van der Waals surface area (Å²) in [5.74, 6) is 0.618. The van der Waals surface area contributed by atoms with E-state index in [1.807, 2.05) is 6.07 Å². The lowest BCUT2D eigenvalue weighted by Gasteiger charge is -1.97. The summed E-state index contributed by atoms with van der Waals surface area (Å²) >= 11 is 3.44. The first-order chi connectivity index (χ1) is 5.27. The predicted molar refractivity (Wildman–Crippen MR) is 49.5 cm³/mol. The van der Waals surface area contributed by atoms with Crippen molar-refractivity contribution in [2.75, 3.05) is 0 Å². The van der Waals surface area contributed by atoms with Crippen LogP contribution in [0, 0.1) is 0 Å². The Morgan fingerprint density at radius 3 is 2.73 bits per heavy atom. The Morgan fingerprint density at radius 1 is 1.45 bits per heavy atom. The van der Waals surface area contributed by atoms with E-state index in [4.69, 9.17) is 5.73 Å². The zero-order chi connectivity index (χ0) is 7.84. The summed E-state index contributed by atoms with van der Waals surface area (Å²) in [5, 5.41) is 0. The van der Waals surface area contributed by atoms with Crippen LogP contribution < -0.4 is 5.73 Å². The predicted octanol–water partition coefficient (Wildman–Crippen LogP) is 2.26. The van der Waals surface area contributed by atoms with Gasteiger partial charge in [-0.3, -0.25) is 0 Å². The first-order valence-corrected chi connectivity index (χ1v) is 4.58. The number of rotatable bonds is 1. The number of halogens is 1. The summed E-state index contributed by atoms with van der Waals surface area (Å²) in [6.45, 7) is 0. The lowest BCUT2D eigenvalue weighted by molar-refractivity contribution is 0.989. The van der Waals surface area contributed by atoms with Gasteiger partial charge in [0, 0.05) is 16.4 Å². The summed E-state index contributed by atoms with van der Waals surface area (Å²) in [7, 11) is 0. The molecule has 1 aromatic rings. The van der Waals surface area contributed by atoms with E-state index in [1.54, 1.807) is 0 Å². The van der Waals surface area contributed by atoms with Crippen molar-refractivity contribution in [2.45, 2.75) is 18.4 Å². The second-order valence-electron chi connectivity index (χ2n) is 3.06. The highest BCUT2D eigenvalue weighted by Crippen LogP contribution is 2.39. The van der Waals surface area contributed by atoms with Crippen molar-refractivity contribution in [2.24, 2.45) is 5.73 Å². The number of hydrogen-bond donors (Lipinski definition) is 1. The average molecular weight is 212 g/mol. The molecule has 0 amide bonds. The second kappa shape index (κ2) is 2.61. The number of hydrogen-bond acceptors (Lipinski definition) is 1. The van der Waals surface area contributed by atoms with E-state index in [2.05, 4.69) is 34.1 Å². The number of nitrogens with two attached hydrogens (primary N) is 1. The molecule has 1 fully saturated rings. The monoisotopic (exact) mass is 211 g/mol. The molecule has 0 spiro atoms. The van der Waals surface area contributed by atoms with Gasteiger partial charge >= 0.3 is 0 Å². The molecule has 0 saturated heterocycles. The van der Waals surface area contributed by atoms with Crippen LogP contribution in [-0.4, -0.2) is 6.04 Å². The van der Waals surface area contributed by atoms with Gasteiger partial charge in [-0.15, -0.1) is 0 Å². The minimum Gasteiger partial charge on any atom is -0.327 e. The van der Waals surface area contributed by atoms with E-state index in [-0.39, 0.29) is 0 Å². The molecule has 1 aliphatic rings. The largest absolute Gasteiger partial charge is 0.327 e. The summed E-state index contributed by atoms with van der Waals surface area (Å²) < 4.78 is 1.15. The van der Waals surface area contributed by atoms with Gasteiger partial charge < -0.3 is 5.73 Å². The zero-order valence-electron chi connectivity index (χ0n) is 6.13. The van der Waals surface area contributed by atoms with Crippen molar-refractivity contribution in [3.05, 3.63) is 34.3 Å². The van der Waals surface area contributed by atoms with Gasteiger partial charge in [0.2, 0.25) is 0 Å². The third kappa shape index (κ3) is 1.47. The third-order valence-corrected chi connectivity index (χ3v) is 2.61. The van der Waals surface area contributed by atoms with Crippen LogP contribution >= 0.6 is 15.9 Å². The fourth-order valence-electron chi connectivity index (χ4n) is 1.34. The molecule has 11 heavy (non-hydrogen) atoms. The van der Waals surface area contributed by atoms with Crippen molar-refractivity contribution in [1.29, 1.82) is 0 Å². The standard InChI is InChI=1S/C9H10BrN/c10-7-3-1-2-6(4-7)8-5-9(8)11/h1-4,8-9H,5,11H2/t8?,9-/m1/s1. The van der Waals surface area contributed by atoms with E-state index in [9.17, 15) is 0 Å².